The van der Waals surface area contributed by atoms with Gasteiger partial charge >= 0.3 is 5.97 Å². The second-order valence-electron chi connectivity index (χ2n) is 13.2. The van der Waals surface area contributed by atoms with Crippen LogP contribution < -0.4 is 31.1 Å². The number of rotatable bonds is 13. The second-order valence-corrected chi connectivity index (χ2v) is 15.8. The smallest absolute Gasteiger partial charge is 0.329 e. The number of guanidine groups is 1. The number of thiophene rings is 1. The van der Waals surface area contributed by atoms with Gasteiger partial charge in [-0.25, -0.2) is 13.2 Å². The van der Waals surface area contributed by atoms with E-state index in [4.69, 9.17) is 16.2 Å². The molecule has 1 aliphatic carbocycles. The molecule has 7 N–H and O–H groups in total. The Labute approximate surface area is 305 Å². The number of carbonyl (C=O) groups is 2. The van der Waals surface area contributed by atoms with Crippen LogP contribution in [0, 0.1) is 5.92 Å². The van der Waals surface area contributed by atoms with Crippen molar-refractivity contribution in [2.24, 2.45) is 22.4 Å². The van der Waals surface area contributed by atoms with E-state index in [0.29, 0.717) is 19.4 Å². The Morgan fingerprint density at radius 2 is 1.90 bits per heavy atom. The van der Waals surface area contributed by atoms with Gasteiger partial charge in [0.25, 0.3) is 15.9 Å². The van der Waals surface area contributed by atoms with Crippen molar-refractivity contribution < 1.29 is 27.9 Å². The average Bonchev–Trinajstić information content (AvgIpc) is 3.41. The summed E-state index contributed by atoms with van der Waals surface area (Å²) in [5, 5.41) is 14.2. The van der Waals surface area contributed by atoms with E-state index in [9.17, 15) is 23.1 Å². The van der Waals surface area contributed by atoms with Gasteiger partial charge < -0.3 is 31.5 Å². The van der Waals surface area contributed by atoms with Gasteiger partial charge in [-0.1, -0.05) is 18.2 Å². The fourth-order valence-corrected chi connectivity index (χ4v) is 9.07. The Morgan fingerprint density at radius 3 is 2.65 bits per heavy atom. The third-order valence-electron chi connectivity index (χ3n) is 9.80. The zero-order chi connectivity index (χ0) is 36.5. The maximum Gasteiger partial charge on any atom is 0.329 e. The van der Waals surface area contributed by atoms with Gasteiger partial charge in [-0.3, -0.25) is 24.4 Å². The van der Waals surface area contributed by atoms with Crippen molar-refractivity contribution in [3.05, 3.63) is 88.4 Å². The molecule has 2 aliphatic heterocycles. The Kier molecular flexibility index (Phi) is 9.78. The summed E-state index contributed by atoms with van der Waals surface area (Å²) in [6.07, 6.45) is 4.80. The molecule has 3 aliphatic rings. The first-order valence-corrected chi connectivity index (χ1v) is 19.4. The number of carboxylic acid groups (broad SMARTS) is 1. The first-order chi connectivity index (χ1) is 25.0. The van der Waals surface area contributed by atoms with Crippen molar-refractivity contribution in [3.63, 3.8) is 0 Å². The molecule has 2 fully saturated rings. The van der Waals surface area contributed by atoms with Crippen LogP contribution >= 0.6 is 11.3 Å². The SMILES string of the molecule is NC(N)=NCC[C@@H]1CC1(NC(=O)c1sccc1NS(=O)(=O)c1cc(-c2cccc(CN3CCN(c4cccnc4)CC3)c2)cc2c1OCC2)C(=O)O. The number of nitrogens with two attached hydrogens (primary N) is 2. The molecule has 0 bridgehead atoms. The predicted molar refractivity (Wildman–Crippen MR) is 199 cm³/mol. The monoisotopic (exact) mass is 744 g/mol. The van der Waals surface area contributed by atoms with Gasteiger partial charge in [0.15, 0.2) is 5.96 Å². The van der Waals surface area contributed by atoms with Crippen LogP contribution in [0.15, 0.2) is 82.3 Å². The number of carbonyl (C=O) groups excluding carboxylic acids is 1. The lowest BCUT2D eigenvalue weighted by atomic mass is 10.00. The molecule has 1 saturated heterocycles. The molecule has 4 heterocycles. The molecule has 0 spiro atoms. The van der Waals surface area contributed by atoms with Crippen LogP contribution in [-0.2, 0) is 27.8 Å². The first-order valence-electron chi connectivity index (χ1n) is 17.0. The number of pyridine rings is 1. The highest BCUT2D eigenvalue weighted by Crippen LogP contribution is 2.47. The molecule has 16 heteroatoms. The molecule has 4 aromatic rings. The predicted octanol–water partition coefficient (Wildman–Crippen LogP) is 3.10. The summed E-state index contributed by atoms with van der Waals surface area (Å²) in [4.78, 5) is 38.5. The lowest BCUT2D eigenvalue weighted by Gasteiger charge is -2.36. The highest BCUT2D eigenvalue weighted by Gasteiger charge is 2.61. The van der Waals surface area contributed by atoms with Gasteiger partial charge in [0.1, 0.15) is 21.1 Å². The van der Waals surface area contributed by atoms with E-state index in [0.717, 1.165) is 72.0 Å². The van der Waals surface area contributed by atoms with Gasteiger partial charge in [0, 0.05) is 51.9 Å². The van der Waals surface area contributed by atoms with Crippen molar-refractivity contribution in [2.45, 2.75) is 36.2 Å². The van der Waals surface area contributed by atoms with Crippen LogP contribution in [0.2, 0.25) is 0 Å². The van der Waals surface area contributed by atoms with Crippen LogP contribution in [-0.4, -0.2) is 86.1 Å². The van der Waals surface area contributed by atoms with Crippen LogP contribution in [0.25, 0.3) is 11.1 Å². The quantitative estimate of drug-likeness (QED) is 0.0994. The minimum absolute atomic E-state index is 0.0315. The zero-order valence-corrected chi connectivity index (χ0v) is 30.0. The number of benzene rings is 2. The van der Waals surface area contributed by atoms with E-state index in [2.05, 4.69) is 48.0 Å². The Morgan fingerprint density at radius 1 is 1.08 bits per heavy atom. The zero-order valence-electron chi connectivity index (χ0n) is 28.3. The summed E-state index contributed by atoms with van der Waals surface area (Å²) in [5.74, 6) is -2.05. The molecule has 272 valence electrons. The number of nitrogens with zero attached hydrogens (tertiary/aromatic N) is 4. The number of anilines is 2. The summed E-state index contributed by atoms with van der Waals surface area (Å²) in [6, 6.07) is 17.2. The molecule has 1 saturated carbocycles. The normalized spacial score (nSPS) is 19.7. The van der Waals surface area contributed by atoms with Crippen molar-refractivity contribution in [1.82, 2.24) is 15.2 Å². The van der Waals surface area contributed by atoms with Crippen molar-refractivity contribution in [2.75, 3.05) is 49.0 Å². The molecule has 14 nitrogen and oxygen atoms in total. The van der Waals surface area contributed by atoms with Gasteiger partial charge in [0.05, 0.1) is 24.2 Å². The van der Waals surface area contributed by atoms with Crippen LogP contribution in [0.3, 0.4) is 0 Å². The third-order valence-corrected chi connectivity index (χ3v) is 12.1. The van der Waals surface area contributed by atoms with Gasteiger partial charge in [0.2, 0.25) is 0 Å². The lowest BCUT2D eigenvalue weighted by molar-refractivity contribution is -0.140. The van der Waals surface area contributed by atoms with E-state index < -0.39 is 27.4 Å². The number of sulfonamides is 1. The largest absolute Gasteiger partial charge is 0.492 e. The van der Waals surface area contributed by atoms with E-state index >= 15 is 0 Å². The molecular formula is C36H40N8O6S2. The number of nitrogens with one attached hydrogen (secondary N) is 2. The molecular weight excluding hydrogens is 705 g/mol. The van der Waals surface area contributed by atoms with E-state index in [1.807, 2.05) is 30.5 Å². The number of fused-ring (bicyclic) bond motifs is 1. The summed E-state index contributed by atoms with van der Waals surface area (Å²) < 4.78 is 36.5. The fourth-order valence-electron chi connectivity index (χ4n) is 6.97. The molecule has 1 amide bonds. The number of amides is 1. The number of ether oxygens (including phenoxy) is 1. The van der Waals surface area contributed by atoms with Gasteiger partial charge in [-0.15, -0.1) is 11.3 Å². The van der Waals surface area contributed by atoms with Gasteiger partial charge in [-0.2, -0.15) is 0 Å². The number of aromatic nitrogens is 1. The fraction of sp³-hybridized carbons (Fsp3) is 0.333. The lowest BCUT2D eigenvalue weighted by Crippen LogP contribution is -2.46. The highest BCUT2D eigenvalue weighted by molar-refractivity contribution is 7.92. The minimum Gasteiger partial charge on any atom is -0.492 e. The van der Waals surface area contributed by atoms with Crippen LogP contribution in [0.5, 0.6) is 5.75 Å². The number of aliphatic carboxylic acids is 1. The minimum atomic E-state index is -4.25. The Hall–Kier alpha value is -5.19. The maximum absolute atomic E-state index is 14.0. The molecule has 7 rings (SSSR count). The summed E-state index contributed by atoms with van der Waals surface area (Å²) in [6.45, 7) is 4.95. The second kappa shape index (κ2) is 14.4. The molecule has 1 unspecified atom stereocenters. The number of carboxylic acids is 1. The molecule has 52 heavy (non-hydrogen) atoms. The van der Waals surface area contributed by atoms with Crippen molar-refractivity contribution in [3.8, 4) is 16.9 Å². The molecule has 2 aromatic heterocycles. The van der Waals surface area contributed by atoms with Crippen molar-refractivity contribution in [1.29, 1.82) is 0 Å². The topological polar surface area (TPSA) is 206 Å². The van der Waals surface area contributed by atoms with E-state index in [1.54, 1.807) is 17.6 Å². The summed E-state index contributed by atoms with van der Waals surface area (Å²) in [5.41, 5.74) is 14.0. The van der Waals surface area contributed by atoms with Gasteiger partial charge in [-0.05, 0) is 82.8 Å². The van der Waals surface area contributed by atoms with E-state index in [1.165, 1.54) is 6.07 Å². The Balaban J connectivity index is 1.07. The Bertz CT molecular complexity index is 2110. The standard InChI is InChI=1S/C36H40N8O6S2/c37-35(38)40-10-6-27-20-36(27,34(46)47)41-33(45)32-29(8-16-51-32)42-52(48,49)30-19-26(18-25-7-15-50-31(25)30)24-4-1-3-23(17-24)22-43-11-13-44(14-12-43)28-5-2-9-39-21-28/h1-5,8-9,16-19,21,27,42H,6-7,10-15,20,22H2,(H,41,45)(H,46,47)(H4,37,38,40)/t27-,36?/m1/s1. The van der Waals surface area contributed by atoms with Crippen LogP contribution in [0.4, 0.5) is 11.4 Å². The first kappa shape index (κ1) is 35.2. The molecule has 2 atom stereocenters. The molecule has 2 aromatic carbocycles. The number of aliphatic imine (C=N–C) groups is 1. The van der Waals surface area contributed by atoms with Crippen LogP contribution in [0.1, 0.15) is 33.6 Å². The van der Waals surface area contributed by atoms with Crippen molar-refractivity contribution >= 4 is 50.6 Å². The number of piperazine rings is 1. The van der Waals surface area contributed by atoms with E-state index in [-0.39, 0.29) is 46.1 Å². The number of hydrogen-bond donors (Lipinski definition) is 5. The average molecular weight is 745 g/mol. The summed E-state index contributed by atoms with van der Waals surface area (Å²) in [7, 11) is -4.25. The molecule has 0 radical (unpaired) electrons. The summed E-state index contributed by atoms with van der Waals surface area (Å²) >= 11 is 1.01. The highest BCUT2D eigenvalue weighted by atomic mass is 32.2. The third kappa shape index (κ3) is 7.40. The number of hydrogen-bond acceptors (Lipinski definition) is 10. The maximum atomic E-state index is 14.0.